The summed E-state index contributed by atoms with van der Waals surface area (Å²) in [7, 11) is 0. The van der Waals surface area contributed by atoms with Gasteiger partial charge in [0.1, 0.15) is 28.3 Å². The number of nitrogens with zero attached hydrogens (tertiary/aromatic N) is 4. The zero-order chi connectivity index (χ0) is 78.4. The van der Waals surface area contributed by atoms with Crippen LogP contribution < -0.4 is 20.1 Å². The lowest BCUT2D eigenvalue weighted by atomic mass is 9.77. The molecule has 19 nitrogen and oxygen atoms in total. The smallest absolute Gasteiger partial charge is 0.356 e. The second-order valence-corrected chi connectivity index (χ2v) is 31.1. The van der Waals surface area contributed by atoms with Crippen LogP contribution in [0, 0.1) is 0 Å². The van der Waals surface area contributed by atoms with Gasteiger partial charge in [-0.25, -0.2) is 19.6 Å². The molecule has 2 amide bonds. The van der Waals surface area contributed by atoms with Gasteiger partial charge in [0.2, 0.25) is 5.60 Å². The highest BCUT2D eigenvalue weighted by molar-refractivity contribution is 8.01. The minimum Gasteiger partial charge on any atom is -0.452 e. The molecule has 0 saturated carbocycles. The number of oxime groups is 1. The fourth-order valence-electron chi connectivity index (χ4n) is 13.3. The molecule has 2 N–H and O–H groups in total. The first-order valence-electron chi connectivity index (χ1n) is 36.2. The number of β-lactam (4-membered cyclic amide) rings is 1. The van der Waals surface area contributed by atoms with Crippen molar-refractivity contribution >= 4 is 98.7 Å². The first kappa shape index (κ1) is 77.2. The number of thioether (sulfide) groups is 2. The van der Waals surface area contributed by atoms with E-state index >= 15 is 14.4 Å². The number of carbonyl (C=O) groups is 7. The Morgan fingerprint density at radius 3 is 1.47 bits per heavy atom. The summed E-state index contributed by atoms with van der Waals surface area (Å²) in [4.78, 5) is 119. The Hall–Kier alpha value is -12.5. The van der Waals surface area contributed by atoms with E-state index in [9.17, 15) is 19.2 Å². The fourth-order valence-corrected chi connectivity index (χ4v) is 17.7. The number of anilines is 1. The number of hydrogen-bond donors (Lipinski definition) is 2. The van der Waals surface area contributed by atoms with Crippen LogP contribution in [-0.4, -0.2) is 90.8 Å². The van der Waals surface area contributed by atoms with E-state index in [1.165, 1.54) is 90.9 Å². The number of ether oxygens (including phenoxy) is 5. The molecule has 2 atom stereocenters. The SMILES string of the molecule is CC(=O)Oc1ccc(-c2nc(SCC3=C(C(=O)OC(c4ccccc4)c4ccccc4)N4C(=O)[C@@H](NC(=O)C(=NOC(C)(C)C(=O)OC(c5ccccc5)c5ccccc5)c5csc(NC(c6ccccc6)(c6ccccc6)c6ccccc6)n5)[C@H]4SC3)sc2CC(=O)OC(c2ccccc2)c2ccccc2)cc1OC(C)=O. The molecule has 1 saturated heterocycles. The van der Waals surface area contributed by atoms with E-state index in [0.29, 0.717) is 53.4 Å². The van der Waals surface area contributed by atoms with Crippen LogP contribution in [0.2, 0.25) is 0 Å². The first-order chi connectivity index (χ1) is 55.0. The molecule has 0 spiro atoms. The predicted octanol–water partition coefficient (Wildman–Crippen LogP) is 17.0. The van der Waals surface area contributed by atoms with Crippen molar-refractivity contribution < 1.29 is 62.1 Å². The molecule has 0 aliphatic carbocycles. The highest BCUT2D eigenvalue weighted by Crippen LogP contribution is 2.46. The van der Waals surface area contributed by atoms with Gasteiger partial charge in [-0.15, -0.1) is 34.4 Å². The maximum Gasteiger partial charge on any atom is 0.356 e. The van der Waals surface area contributed by atoms with Gasteiger partial charge in [-0.05, 0) is 87.7 Å². The van der Waals surface area contributed by atoms with Crippen molar-refractivity contribution in [3.05, 3.63) is 368 Å². The number of amides is 2. The van der Waals surface area contributed by atoms with Crippen molar-refractivity contribution in [2.45, 2.75) is 79.3 Å². The molecule has 23 heteroatoms. The van der Waals surface area contributed by atoms with Crippen molar-refractivity contribution in [2.75, 3.05) is 16.8 Å². The number of hydrogen-bond acceptors (Lipinski definition) is 21. The van der Waals surface area contributed by atoms with E-state index in [4.69, 9.17) is 38.5 Å². The van der Waals surface area contributed by atoms with E-state index in [2.05, 4.69) is 15.8 Å². The van der Waals surface area contributed by atoms with Crippen LogP contribution in [0.3, 0.4) is 0 Å². The molecule has 2 aliphatic rings. The molecule has 12 aromatic rings. The molecule has 14 rings (SSSR count). The Balaban J connectivity index is 0.808. The van der Waals surface area contributed by atoms with Crippen LogP contribution in [0.4, 0.5) is 5.13 Å². The molecule has 113 heavy (non-hydrogen) atoms. The molecule has 2 aliphatic heterocycles. The second-order valence-electron chi connectivity index (χ2n) is 26.8. The zero-order valence-corrected chi connectivity index (χ0v) is 64.8. The summed E-state index contributed by atoms with van der Waals surface area (Å²) in [5, 5.41) is 12.3. The third-order valence-electron chi connectivity index (χ3n) is 18.7. The quantitative estimate of drug-likeness (QED) is 0.00647. The second kappa shape index (κ2) is 35.2. The van der Waals surface area contributed by atoms with Gasteiger partial charge >= 0.3 is 29.8 Å². The highest BCUT2D eigenvalue weighted by atomic mass is 32.2. The lowest BCUT2D eigenvalue weighted by Gasteiger charge is -2.49. The van der Waals surface area contributed by atoms with Crippen LogP contribution in [0.25, 0.3) is 11.3 Å². The van der Waals surface area contributed by atoms with Crippen molar-refractivity contribution in [3.8, 4) is 22.8 Å². The Kier molecular flexibility index (Phi) is 24.1. The Morgan fingerprint density at radius 2 is 1.00 bits per heavy atom. The van der Waals surface area contributed by atoms with E-state index in [1.54, 1.807) is 11.4 Å². The minimum atomic E-state index is -1.85. The summed E-state index contributed by atoms with van der Waals surface area (Å²) in [5.74, 6) is -4.99. The van der Waals surface area contributed by atoms with Gasteiger partial charge in [-0.2, -0.15) is 0 Å². The number of aromatic nitrogens is 2. The molecular weight excluding hydrogens is 1500 g/mol. The monoisotopic (exact) mass is 1570 g/mol. The van der Waals surface area contributed by atoms with Gasteiger partial charge in [0.15, 0.2) is 45.0 Å². The maximum absolute atomic E-state index is 15.6. The van der Waals surface area contributed by atoms with Gasteiger partial charge in [0.25, 0.3) is 11.8 Å². The molecule has 0 unspecified atom stereocenters. The Morgan fingerprint density at radius 1 is 0.558 bits per heavy atom. The Bertz CT molecular complexity index is 5240. The summed E-state index contributed by atoms with van der Waals surface area (Å²) < 4.78 is 30.7. The van der Waals surface area contributed by atoms with Gasteiger partial charge in [0, 0.05) is 41.2 Å². The number of carbonyl (C=O) groups excluding carboxylic acids is 7. The van der Waals surface area contributed by atoms with Gasteiger partial charge < -0.3 is 39.2 Å². The lowest BCUT2D eigenvalue weighted by Crippen LogP contribution is -2.71. The average Bonchev–Trinajstić information content (AvgIpc) is 0.862. The topological polar surface area (TPSA) is 240 Å². The minimum absolute atomic E-state index is 0.0203. The molecule has 4 heterocycles. The Labute approximate surface area is 669 Å². The third kappa shape index (κ3) is 17.8. The summed E-state index contributed by atoms with van der Waals surface area (Å²) in [6, 6.07) is 88.8. The number of rotatable bonds is 29. The van der Waals surface area contributed by atoms with Crippen LogP contribution in [-0.2, 0) is 64.6 Å². The van der Waals surface area contributed by atoms with Crippen LogP contribution in [0.15, 0.2) is 317 Å². The molecule has 0 radical (unpaired) electrons. The summed E-state index contributed by atoms with van der Waals surface area (Å²) in [5.41, 5.74) is 4.79. The third-order valence-corrected chi connectivity index (χ3v) is 23.0. The highest BCUT2D eigenvalue weighted by Gasteiger charge is 2.55. The van der Waals surface area contributed by atoms with Crippen LogP contribution in [0.5, 0.6) is 11.5 Å². The van der Waals surface area contributed by atoms with Gasteiger partial charge in [-0.1, -0.05) is 290 Å². The molecular formula is C90H74N6O13S4. The normalized spacial score (nSPS) is 14.2. The van der Waals surface area contributed by atoms with Gasteiger partial charge in [-0.3, -0.25) is 28.9 Å². The average molecular weight is 1580 g/mol. The molecule has 0 bridgehead atoms. The van der Waals surface area contributed by atoms with Crippen molar-refractivity contribution in [2.24, 2.45) is 5.16 Å². The van der Waals surface area contributed by atoms with Gasteiger partial charge in [0.05, 0.1) is 12.1 Å². The van der Waals surface area contributed by atoms with E-state index in [0.717, 1.165) is 27.8 Å². The molecule has 2 aromatic heterocycles. The lowest BCUT2D eigenvalue weighted by molar-refractivity contribution is -0.172. The van der Waals surface area contributed by atoms with Crippen molar-refractivity contribution in [3.63, 3.8) is 0 Å². The first-order valence-corrected chi connectivity index (χ1v) is 39.9. The number of fused-ring (bicyclic) bond motifs is 1. The van der Waals surface area contributed by atoms with E-state index in [-0.39, 0.29) is 46.5 Å². The molecule has 10 aromatic carbocycles. The predicted molar refractivity (Wildman–Crippen MR) is 436 cm³/mol. The van der Waals surface area contributed by atoms with E-state index in [1.807, 2.05) is 273 Å². The molecule has 1 fully saturated rings. The van der Waals surface area contributed by atoms with Crippen LogP contribution >= 0.6 is 46.2 Å². The number of nitrogens with one attached hydrogen (secondary N) is 2. The molecule has 566 valence electrons. The number of esters is 5. The number of benzene rings is 10. The summed E-state index contributed by atoms with van der Waals surface area (Å²) in [6.07, 6.45) is -2.83. The standard InChI is InChI=1S/C90H74N6O13S4/c1-57(97)104-71-51-50-65(52-72(71)105-58(2)98)75-73(53-74(99)106-79(59-32-14-5-15-33-59)60-34-16-6-17-35-60)113-88(93-75)112-55-66-54-110-84-77(83(101)96(84)78(66)85(102)107-80(61-36-18-7-19-37-61)62-38-20-8-21-39-62)92-82(100)76(95-109-89(3,4)86(103)108-81(63-40-22-9-23-41-63)64-42-24-10-25-43-64)70-56-111-87(91-70)94-90(67-44-26-11-27-45-67,68-46-28-12-29-47-68)69-48-30-13-31-49-69/h5-52,56,77,79-81,84H,53-55H2,1-4H3,(H,91,94)(H,92,100)/t77-,84-/m1/s1. The summed E-state index contributed by atoms with van der Waals surface area (Å²) >= 11 is 4.95. The number of thiazole rings is 2. The fraction of sp³-hybridized carbons (Fsp3) is 0.156. The van der Waals surface area contributed by atoms with Crippen molar-refractivity contribution in [1.29, 1.82) is 0 Å². The zero-order valence-electron chi connectivity index (χ0n) is 61.5. The van der Waals surface area contributed by atoms with E-state index < -0.39 is 82.5 Å². The largest absolute Gasteiger partial charge is 0.452 e. The van der Waals surface area contributed by atoms with Crippen LogP contribution in [0.1, 0.15) is 107 Å². The maximum atomic E-state index is 15.6. The van der Waals surface area contributed by atoms with Crippen molar-refractivity contribution in [1.82, 2.24) is 20.2 Å². The summed E-state index contributed by atoms with van der Waals surface area (Å²) in [6.45, 7) is 5.39.